The number of nitrogens with zero attached hydrogens (tertiary/aromatic N) is 6. The van der Waals surface area contributed by atoms with Crippen molar-refractivity contribution in [3.63, 3.8) is 0 Å². The van der Waals surface area contributed by atoms with Crippen LogP contribution in [0.25, 0.3) is 10.9 Å². The van der Waals surface area contributed by atoms with Gasteiger partial charge in [0.05, 0.1) is 6.21 Å². The quantitative estimate of drug-likeness (QED) is 0.351. The van der Waals surface area contributed by atoms with Crippen LogP contribution < -0.4 is 11.2 Å². The third kappa shape index (κ3) is 4.27. The van der Waals surface area contributed by atoms with Crippen molar-refractivity contribution in [2.75, 3.05) is 5.73 Å². The van der Waals surface area contributed by atoms with Gasteiger partial charge < -0.3 is 10.3 Å². The lowest BCUT2D eigenvalue weighted by Gasteiger charge is -2.08. The number of carbonyl (C=O) groups is 1. The van der Waals surface area contributed by atoms with Gasteiger partial charge in [-0.2, -0.15) is 5.10 Å². The zero-order chi connectivity index (χ0) is 21.1. The average molecular weight is 443 g/mol. The van der Waals surface area contributed by atoms with E-state index in [1.807, 2.05) is 42.6 Å². The second-order valence-corrected chi connectivity index (χ2v) is 7.30. The molecule has 9 nitrogen and oxygen atoms in total. The number of nitrogens with one attached hydrogen (secondary N) is 1. The molecule has 0 aliphatic heterocycles. The summed E-state index contributed by atoms with van der Waals surface area (Å²) in [4.78, 5) is 12.0. The Kier molecular flexibility index (Phi) is 5.64. The number of benzene rings is 2. The molecule has 4 rings (SSSR count). The Labute approximate surface area is 181 Å². The first kappa shape index (κ1) is 19.9. The Morgan fingerprint density at radius 3 is 2.83 bits per heavy atom. The van der Waals surface area contributed by atoms with Crippen LogP contribution >= 0.6 is 23.2 Å². The lowest BCUT2D eigenvalue weighted by atomic mass is 10.2. The number of nitrogen functional groups attached to an aromatic ring is 1. The molecule has 2 heterocycles. The van der Waals surface area contributed by atoms with Crippen molar-refractivity contribution in [3.8, 4) is 0 Å². The van der Waals surface area contributed by atoms with Gasteiger partial charge in [0.15, 0.2) is 0 Å². The molecule has 0 fully saturated rings. The highest BCUT2D eigenvalue weighted by Gasteiger charge is 2.10. The predicted octanol–water partition coefficient (Wildman–Crippen LogP) is 2.72. The summed E-state index contributed by atoms with van der Waals surface area (Å²) < 4.78 is 3.24. The highest BCUT2D eigenvalue weighted by molar-refractivity contribution is 6.35. The average Bonchev–Trinajstić information content (AvgIpc) is 3.28. The Morgan fingerprint density at radius 1 is 1.23 bits per heavy atom. The van der Waals surface area contributed by atoms with E-state index in [2.05, 4.69) is 30.6 Å². The molecule has 0 saturated carbocycles. The number of anilines is 1. The summed E-state index contributed by atoms with van der Waals surface area (Å²) in [6.07, 6.45) is 3.54. The first-order valence-corrected chi connectivity index (χ1v) is 9.62. The van der Waals surface area contributed by atoms with Gasteiger partial charge in [0.25, 0.3) is 5.91 Å². The molecule has 30 heavy (non-hydrogen) atoms. The van der Waals surface area contributed by atoms with Crippen LogP contribution in [0.5, 0.6) is 0 Å². The first-order chi connectivity index (χ1) is 14.5. The standard InChI is InChI=1S/C19H16Cl2N8O/c20-14-6-5-12(16(21)7-14)9-28-10-13(15-3-1-2-4-17(15)28)8-23-24-18(30)11-29-19(22)25-26-27-29/h1-8,10H,9,11H2,(H,24,30)(H2,22,25,27). The highest BCUT2D eigenvalue weighted by Crippen LogP contribution is 2.25. The van der Waals surface area contributed by atoms with Crippen LogP contribution in [0.2, 0.25) is 10.0 Å². The molecular formula is C19H16Cl2N8O. The maximum atomic E-state index is 12.0. The van der Waals surface area contributed by atoms with Crippen LogP contribution in [-0.2, 0) is 17.9 Å². The molecule has 0 bridgehead atoms. The Bertz CT molecular complexity index is 1250. The van der Waals surface area contributed by atoms with Gasteiger partial charge >= 0.3 is 0 Å². The predicted molar refractivity (Wildman–Crippen MR) is 115 cm³/mol. The molecule has 152 valence electrons. The summed E-state index contributed by atoms with van der Waals surface area (Å²) in [6.45, 7) is 0.433. The molecule has 0 atom stereocenters. The van der Waals surface area contributed by atoms with Gasteiger partial charge in [0.2, 0.25) is 5.95 Å². The third-order valence-electron chi connectivity index (χ3n) is 4.42. The molecule has 3 N–H and O–H groups in total. The zero-order valence-electron chi connectivity index (χ0n) is 15.5. The van der Waals surface area contributed by atoms with E-state index in [0.29, 0.717) is 16.6 Å². The minimum atomic E-state index is -0.401. The molecule has 0 saturated heterocycles. The molecule has 0 aliphatic carbocycles. The molecule has 0 aliphatic rings. The first-order valence-electron chi connectivity index (χ1n) is 8.86. The summed E-state index contributed by atoms with van der Waals surface area (Å²) in [5.74, 6) is -0.347. The van der Waals surface area contributed by atoms with E-state index < -0.39 is 5.91 Å². The van der Waals surface area contributed by atoms with E-state index in [0.717, 1.165) is 22.0 Å². The lowest BCUT2D eigenvalue weighted by Crippen LogP contribution is -2.24. The largest absolute Gasteiger partial charge is 0.367 e. The molecular weight excluding hydrogens is 427 g/mol. The Morgan fingerprint density at radius 2 is 2.07 bits per heavy atom. The fraction of sp³-hybridized carbons (Fsp3) is 0.105. The van der Waals surface area contributed by atoms with E-state index in [4.69, 9.17) is 28.9 Å². The number of rotatable bonds is 6. The fourth-order valence-corrected chi connectivity index (χ4v) is 3.48. The number of fused-ring (bicyclic) bond motifs is 1. The molecule has 0 radical (unpaired) electrons. The van der Waals surface area contributed by atoms with Crippen molar-refractivity contribution >= 4 is 52.2 Å². The third-order valence-corrected chi connectivity index (χ3v) is 5.01. The maximum Gasteiger partial charge on any atom is 0.261 e. The topological polar surface area (TPSA) is 116 Å². The number of hydrazone groups is 1. The van der Waals surface area contributed by atoms with Gasteiger partial charge in [-0.25, -0.2) is 10.1 Å². The van der Waals surface area contributed by atoms with Crippen molar-refractivity contribution in [1.82, 2.24) is 30.2 Å². The Hall–Kier alpha value is -3.43. The van der Waals surface area contributed by atoms with Crippen molar-refractivity contribution in [3.05, 3.63) is 69.8 Å². The summed E-state index contributed by atoms with van der Waals surface area (Å²) in [5.41, 5.74) is 10.8. The summed E-state index contributed by atoms with van der Waals surface area (Å²) >= 11 is 12.3. The number of tetrazole rings is 1. The van der Waals surface area contributed by atoms with Gasteiger partial charge in [0.1, 0.15) is 6.54 Å². The second kappa shape index (κ2) is 8.52. The lowest BCUT2D eigenvalue weighted by molar-refractivity contribution is -0.121. The Balaban J connectivity index is 1.53. The second-order valence-electron chi connectivity index (χ2n) is 6.45. The summed E-state index contributed by atoms with van der Waals surface area (Å²) in [5, 5.41) is 16.8. The fourth-order valence-electron chi connectivity index (χ4n) is 3.01. The zero-order valence-corrected chi connectivity index (χ0v) is 17.0. The smallest absolute Gasteiger partial charge is 0.261 e. The van der Waals surface area contributed by atoms with Crippen molar-refractivity contribution in [2.45, 2.75) is 13.1 Å². The molecule has 2 aromatic heterocycles. The van der Waals surface area contributed by atoms with Crippen LogP contribution in [0.4, 0.5) is 5.95 Å². The van der Waals surface area contributed by atoms with Crippen LogP contribution in [0.1, 0.15) is 11.1 Å². The number of halogens is 2. The minimum Gasteiger partial charge on any atom is -0.367 e. The number of carbonyl (C=O) groups excluding carboxylic acids is 1. The van der Waals surface area contributed by atoms with Crippen molar-refractivity contribution < 1.29 is 4.79 Å². The van der Waals surface area contributed by atoms with E-state index in [1.165, 1.54) is 4.68 Å². The van der Waals surface area contributed by atoms with E-state index in [1.54, 1.807) is 12.3 Å². The number of hydrogen-bond acceptors (Lipinski definition) is 6. The van der Waals surface area contributed by atoms with Crippen LogP contribution in [0, 0.1) is 0 Å². The minimum absolute atomic E-state index is 0.0538. The summed E-state index contributed by atoms with van der Waals surface area (Å²) in [7, 11) is 0. The monoisotopic (exact) mass is 442 g/mol. The highest BCUT2D eigenvalue weighted by atomic mass is 35.5. The van der Waals surface area contributed by atoms with Crippen molar-refractivity contribution in [2.24, 2.45) is 5.10 Å². The maximum absolute atomic E-state index is 12.0. The van der Waals surface area contributed by atoms with Gasteiger partial charge in [-0.05, 0) is 34.2 Å². The normalized spacial score (nSPS) is 11.4. The van der Waals surface area contributed by atoms with Gasteiger partial charge in [-0.15, -0.1) is 0 Å². The van der Waals surface area contributed by atoms with Gasteiger partial charge in [-0.3, -0.25) is 4.79 Å². The SMILES string of the molecule is Nc1nnnn1CC(=O)NN=Cc1cn(Cc2ccc(Cl)cc2Cl)c2ccccc12. The molecule has 1 amide bonds. The summed E-state index contributed by atoms with van der Waals surface area (Å²) in [6, 6.07) is 13.3. The van der Waals surface area contributed by atoms with E-state index >= 15 is 0 Å². The molecule has 0 unspecified atom stereocenters. The van der Waals surface area contributed by atoms with E-state index in [-0.39, 0.29) is 12.5 Å². The molecule has 4 aromatic rings. The number of para-hydroxylation sites is 1. The number of aromatic nitrogens is 5. The van der Waals surface area contributed by atoms with Crippen LogP contribution in [0.15, 0.2) is 53.8 Å². The molecule has 0 spiro atoms. The van der Waals surface area contributed by atoms with Gasteiger partial charge in [0, 0.05) is 39.3 Å². The number of hydrogen-bond donors (Lipinski definition) is 2. The number of amides is 1. The van der Waals surface area contributed by atoms with Crippen LogP contribution in [0.3, 0.4) is 0 Å². The number of nitrogens with two attached hydrogens (primary N) is 1. The van der Waals surface area contributed by atoms with E-state index in [9.17, 15) is 4.79 Å². The molecule has 11 heteroatoms. The molecule has 2 aromatic carbocycles. The van der Waals surface area contributed by atoms with Crippen LogP contribution in [-0.4, -0.2) is 36.9 Å². The van der Waals surface area contributed by atoms with Crippen molar-refractivity contribution in [1.29, 1.82) is 0 Å². The van der Waals surface area contributed by atoms with Gasteiger partial charge in [-0.1, -0.05) is 52.6 Å².